The van der Waals surface area contributed by atoms with Crippen molar-refractivity contribution in [1.29, 1.82) is 0 Å². The minimum atomic E-state index is -0.0253. The van der Waals surface area contributed by atoms with Crippen LogP contribution in [0, 0.1) is 0 Å². The lowest BCUT2D eigenvalue weighted by Gasteiger charge is -2.27. The largest absolute Gasteiger partial charge is 0.311 e. The van der Waals surface area contributed by atoms with Crippen molar-refractivity contribution in [2.24, 2.45) is 0 Å². The SMILES string of the molecule is CC(C)(C)c1ccc(N(c2ccc(-c3ccc4c(c3)C(C)(C)c3ccccc3-4)cc2)c2ccc(-n3nc4ccccc4n3)cc2)cc1. The first-order valence-corrected chi connectivity index (χ1v) is 16.3. The first kappa shape index (κ1) is 29.0. The third-order valence-electron chi connectivity index (χ3n) is 9.66. The topological polar surface area (TPSA) is 34.0 Å². The Morgan fingerprint density at radius 1 is 0.532 bits per heavy atom. The zero-order valence-electron chi connectivity index (χ0n) is 27.6. The maximum absolute atomic E-state index is 4.68. The molecule has 0 spiro atoms. The molecule has 1 aliphatic rings. The van der Waals surface area contributed by atoms with E-state index in [-0.39, 0.29) is 10.8 Å². The van der Waals surface area contributed by atoms with Gasteiger partial charge in [0.05, 0.1) is 5.69 Å². The van der Waals surface area contributed by atoms with Gasteiger partial charge in [0.15, 0.2) is 0 Å². The second kappa shape index (κ2) is 10.8. The number of rotatable bonds is 5. The van der Waals surface area contributed by atoms with E-state index in [1.54, 1.807) is 4.80 Å². The van der Waals surface area contributed by atoms with Gasteiger partial charge < -0.3 is 4.90 Å². The molecule has 0 amide bonds. The number of anilines is 3. The first-order valence-electron chi connectivity index (χ1n) is 16.3. The number of hydrogen-bond donors (Lipinski definition) is 0. The monoisotopic (exact) mass is 610 g/mol. The molecule has 0 aliphatic heterocycles. The summed E-state index contributed by atoms with van der Waals surface area (Å²) in [5, 5.41) is 9.36. The third-order valence-corrected chi connectivity index (χ3v) is 9.66. The number of nitrogens with zero attached hydrogens (tertiary/aromatic N) is 4. The highest BCUT2D eigenvalue weighted by Gasteiger charge is 2.35. The molecule has 0 saturated heterocycles. The molecule has 0 radical (unpaired) electrons. The van der Waals surface area contributed by atoms with Crippen molar-refractivity contribution < 1.29 is 0 Å². The average molecular weight is 611 g/mol. The zero-order chi connectivity index (χ0) is 32.3. The van der Waals surface area contributed by atoms with Crippen molar-refractivity contribution >= 4 is 28.1 Å². The van der Waals surface area contributed by atoms with E-state index in [4.69, 9.17) is 0 Å². The standard InChI is InChI=1S/C43H38N4/c1-42(2,3)31-17-21-33(22-18-31)46(34-23-25-35(26-24-34)47-44-40-12-8-9-13-41(40)45-47)32-19-14-29(15-20-32)30-16-27-37-36-10-6-7-11-38(36)43(4,5)39(37)28-30/h6-28H,1-5H3. The lowest BCUT2D eigenvalue weighted by Crippen LogP contribution is -2.14. The van der Waals surface area contributed by atoms with Gasteiger partial charge in [-0.1, -0.05) is 107 Å². The Hall–Kier alpha value is -5.48. The summed E-state index contributed by atoms with van der Waals surface area (Å²) in [5.74, 6) is 0. The van der Waals surface area contributed by atoms with Gasteiger partial charge in [0.1, 0.15) is 11.0 Å². The van der Waals surface area contributed by atoms with Crippen LogP contribution in [0.3, 0.4) is 0 Å². The predicted octanol–water partition coefficient (Wildman–Crippen LogP) is 11.2. The number of benzene rings is 6. The van der Waals surface area contributed by atoms with Crippen LogP contribution in [0.15, 0.2) is 140 Å². The quantitative estimate of drug-likeness (QED) is 0.194. The van der Waals surface area contributed by atoms with Crippen molar-refractivity contribution in [3.63, 3.8) is 0 Å². The van der Waals surface area contributed by atoms with E-state index in [1.165, 1.54) is 38.9 Å². The molecule has 0 atom stereocenters. The van der Waals surface area contributed by atoms with Crippen molar-refractivity contribution in [2.45, 2.75) is 45.4 Å². The van der Waals surface area contributed by atoms with Crippen LogP contribution in [-0.2, 0) is 10.8 Å². The molecular formula is C43H38N4. The van der Waals surface area contributed by atoms with E-state index < -0.39 is 0 Å². The smallest absolute Gasteiger partial charge is 0.113 e. The van der Waals surface area contributed by atoms with Crippen molar-refractivity contribution in [3.8, 4) is 27.9 Å². The molecule has 0 bridgehead atoms. The van der Waals surface area contributed by atoms with E-state index in [2.05, 4.69) is 165 Å². The third kappa shape index (κ3) is 5.01. The predicted molar refractivity (Wildman–Crippen MR) is 195 cm³/mol. The first-order chi connectivity index (χ1) is 22.7. The van der Waals surface area contributed by atoms with E-state index in [1.807, 2.05) is 24.3 Å². The fourth-order valence-electron chi connectivity index (χ4n) is 6.95. The van der Waals surface area contributed by atoms with E-state index in [9.17, 15) is 0 Å². The number of aromatic nitrogens is 3. The summed E-state index contributed by atoms with van der Waals surface area (Å²) in [6.07, 6.45) is 0. The second-order valence-electron chi connectivity index (χ2n) is 14.1. The zero-order valence-corrected chi connectivity index (χ0v) is 27.6. The summed E-state index contributed by atoms with van der Waals surface area (Å²) >= 11 is 0. The van der Waals surface area contributed by atoms with Crippen LogP contribution in [0.4, 0.5) is 17.1 Å². The Labute approximate surface area is 277 Å². The summed E-state index contributed by atoms with van der Waals surface area (Å²) in [7, 11) is 0. The van der Waals surface area contributed by atoms with Gasteiger partial charge in [0, 0.05) is 22.5 Å². The molecule has 4 nitrogen and oxygen atoms in total. The van der Waals surface area contributed by atoms with Crippen LogP contribution in [0.25, 0.3) is 39.0 Å². The van der Waals surface area contributed by atoms with Gasteiger partial charge in [-0.05, 0) is 111 Å². The van der Waals surface area contributed by atoms with Crippen LogP contribution >= 0.6 is 0 Å². The molecular weight excluding hydrogens is 573 g/mol. The summed E-state index contributed by atoms with van der Waals surface area (Å²) in [4.78, 5) is 4.03. The van der Waals surface area contributed by atoms with E-state index in [0.29, 0.717) is 0 Å². The summed E-state index contributed by atoms with van der Waals surface area (Å²) in [6.45, 7) is 11.4. The van der Waals surface area contributed by atoms with Crippen molar-refractivity contribution in [2.75, 3.05) is 4.90 Å². The van der Waals surface area contributed by atoms with Crippen LogP contribution in [0.1, 0.15) is 51.3 Å². The Balaban J connectivity index is 1.15. The summed E-state index contributed by atoms with van der Waals surface area (Å²) < 4.78 is 0. The van der Waals surface area contributed by atoms with Crippen LogP contribution in [-0.4, -0.2) is 15.0 Å². The molecule has 0 unspecified atom stereocenters. The normalized spacial score (nSPS) is 13.4. The molecule has 6 aromatic carbocycles. The van der Waals surface area contributed by atoms with Gasteiger partial charge >= 0.3 is 0 Å². The highest BCUT2D eigenvalue weighted by atomic mass is 15.5. The average Bonchev–Trinajstić information content (AvgIpc) is 3.62. The highest BCUT2D eigenvalue weighted by molar-refractivity contribution is 5.84. The maximum Gasteiger partial charge on any atom is 0.113 e. The minimum Gasteiger partial charge on any atom is -0.311 e. The molecule has 1 aliphatic carbocycles. The molecule has 0 fully saturated rings. The molecule has 1 heterocycles. The lowest BCUT2D eigenvalue weighted by atomic mass is 9.81. The number of fused-ring (bicyclic) bond motifs is 4. The van der Waals surface area contributed by atoms with Crippen LogP contribution in [0.2, 0.25) is 0 Å². The van der Waals surface area contributed by atoms with Gasteiger partial charge in [-0.25, -0.2) is 0 Å². The molecule has 0 N–H and O–H groups in total. The minimum absolute atomic E-state index is 0.0253. The summed E-state index contributed by atoms with van der Waals surface area (Å²) in [5.41, 5.74) is 15.3. The highest BCUT2D eigenvalue weighted by Crippen LogP contribution is 2.49. The van der Waals surface area contributed by atoms with Gasteiger partial charge in [0.2, 0.25) is 0 Å². The Morgan fingerprint density at radius 3 is 1.66 bits per heavy atom. The maximum atomic E-state index is 4.68. The van der Waals surface area contributed by atoms with Gasteiger partial charge in [-0.2, -0.15) is 4.80 Å². The molecule has 7 aromatic rings. The number of hydrogen-bond acceptors (Lipinski definition) is 3. The Kier molecular flexibility index (Phi) is 6.66. The lowest BCUT2D eigenvalue weighted by molar-refractivity contribution is 0.590. The van der Waals surface area contributed by atoms with Crippen molar-refractivity contribution in [3.05, 3.63) is 156 Å². The molecule has 4 heteroatoms. The Morgan fingerprint density at radius 2 is 1.04 bits per heavy atom. The molecule has 47 heavy (non-hydrogen) atoms. The van der Waals surface area contributed by atoms with E-state index in [0.717, 1.165) is 33.8 Å². The fourth-order valence-corrected chi connectivity index (χ4v) is 6.95. The van der Waals surface area contributed by atoms with Crippen molar-refractivity contribution in [1.82, 2.24) is 15.0 Å². The molecule has 230 valence electrons. The van der Waals surface area contributed by atoms with E-state index >= 15 is 0 Å². The summed E-state index contributed by atoms with van der Waals surface area (Å²) in [6, 6.07) is 50.1. The van der Waals surface area contributed by atoms with Crippen LogP contribution in [0.5, 0.6) is 0 Å². The second-order valence-corrected chi connectivity index (χ2v) is 14.1. The van der Waals surface area contributed by atoms with Crippen LogP contribution < -0.4 is 4.90 Å². The molecule has 0 saturated carbocycles. The Bertz CT molecular complexity index is 2200. The van der Waals surface area contributed by atoms with Gasteiger partial charge in [-0.3, -0.25) is 0 Å². The molecule has 8 rings (SSSR count). The van der Waals surface area contributed by atoms with Gasteiger partial charge in [0.25, 0.3) is 0 Å². The fraction of sp³-hybridized carbons (Fsp3) is 0.163. The molecule has 1 aromatic heterocycles. The van der Waals surface area contributed by atoms with Gasteiger partial charge in [-0.15, -0.1) is 10.2 Å².